The maximum absolute atomic E-state index is 12.8. The average Bonchev–Trinajstić information content (AvgIpc) is 2.90. The Hall–Kier alpha value is -1.32. The van der Waals surface area contributed by atoms with Crippen molar-refractivity contribution in [3.8, 4) is 0 Å². The molecule has 4 aliphatic rings. The molecule has 0 aliphatic heterocycles. The minimum Gasteiger partial charge on any atom is -0.347 e. The van der Waals surface area contributed by atoms with Crippen molar-refractivity contribution in [1.29, 1.82) is 0 Å². The van der Waals surface area contributed by atoms with Crippen LogP contribution in [0.2, 0.25) is 0 Å². The summed E-state index contributed by atoms with van der Waals surface area (Å²) in [7, 11) is 0. The van der Waals surface area contributed by atoms with Gasteiger partial charge in [0.15, 0.2) is 0 Å². The summed E-state index contributed by atoms with van der Waals surface area (Å²) in [5, 5.41) is 3.21. The number of nitrogens with zero attached hydrogens (tertiary/aromatic N) is 1. The van der Waals surface area contributed by atoms with Crippen LogP contribution < -0.4 is 5.32 Å². The van der Waals surface area contributed by atoms with E-state index >= 15 is 0 Å². The van der Waals surface area contributed by atoms with E-state index in [0.717, 1.165) is 42.8 Å². The summed E-state index contributed by atoms with van der Waals surface area (Å²) in [4.78, 5) is 20.2. The molecule has 1 unspecified atom stereocenters. The smallest absolute Gasteiger partial charge is 0.226 e. The van der Waals surface area contributed by atoms with Gasteiger partial charge >= 0.3 is 0 Å². The topological polar surface area (TPSA) is 57.8 Å². The van der Waals surface area contributed by atoms with Crippen molar-refractivity contribution in [1.82, 2.24) is 15.3 Å². The van der Waals surface area contributed by atoms with Crippen molar-refractivity contribution in [2.24, 2.45) is 23.2 Å². The second-order valence-corrected chi connectivity index (χ2v) is 7.37. The summed E-state index contributed by atoms with van der Waals surface area (Å²) in [6, 6.07) is -0.0227. The molecule has 0 saturated heterocycles. The van der Waals surface area contributed by atoms with Crippen molar-refractivity contribution in [2.45, 2.75) is 51.5 Å². The van der Waals surface area contributed by atoms with Crippen LogP contribution in [-0.4, -0.2) is 15.9 Å². The second-order valence-electron chi connectivity index (χ2n) is 7.37. The van der Waals surface area contributed by atoms with Crippen LogP contribution in [0.1, 0.15) is 57.3 Å². The van der Waals surface area contributed by atoms with Crippen LogP contribution in [0.15, 0.2) is 12.4 Å². The molecule has 1 amide bonds. The zero-order valence-corrected chi connectivity index (χ0v) is 12.1. The zero-order valence-electron chi connectivity index (χ0n) is 12.1. The first-order chi connectivity index (χ1) is 9.64. The van der Waals surface area contributed by atoms with E-state index in [1.54, 1.807) is 6.20 Å². The molecule has 4 nitrogen and oxygen atoms in total. The maximum atomic E-state index is 12.8. The number of rotatable bonds is 3. The van der Waals surface area contributed by atoms with Gasteiger partial charge in [-0.15, -0.1) is 0 Å². The van der Waals surface area contributed by atoms with Crippen molar-refractivity contribution < 1.29 is 4.79 Å². The van der Waals surface area contributed by atoms with Gasteiger partial charge in [-0.1, -0.05) is 0 Å². The number of imidazole rings is 1. The van der Waals surface area contributed by atoms with E-state index in [1.165, 1.54) is 19.3 Å². The van der Waals surface area contributed by atoms with Gasteiger partial charge in [-0.25, -0.2) is 4.98 Å². The Labute approximate surface area is 119 Å². The van der Waals surface area contributed by atoms with E-state index in [4.69, 9.17) is 0 Å². The predicted molar refractivity (Wildman–Crippen MR) is 75.8 cm³/mol. The third kappa shape index (κ3) is 1.88. The normalized spacial score (nSPS) is 39.8. The summed E-state index contributed by atoms with van der Waals surface area (Å²) < 4.78 is 0. The highest BCUT2D eigenvalue weighted by atomic mass is 16.2. The molecule has 4 heteroatoms. The van der Waals surface area contributed by atoms with E-state index in [1.807, 2.05) is 13.1 Å². The lowest BCUT2D eigenvalue weighted by Crippen LogP contribution is -2.53. The fourth-order valence-electron chi connectivity index (χ4n) is 5.32. The van der Waals surface area contributed by atoms with Gasteiger partial charge in [-0.05, 0) is 63.2 Å². The molecule has 4 saturated carbocycles. The third-order valence-electron chi connectivity index (χ3n) is 5.80. The zero-order chi connectivity index (χ0) is 13.7. The first-order valence-electron chi connectivity index (χ1n) is 7.95. The summed E-state index contributed by atoms with van der Waals surface area (Å²) in [6.45, 7) is 2.01. The number of H-pyrrole nitrogens is 1. The summed E-state index contributed by atoms with van der Waals surface area (Å²) >= 11 is 0. The monoisotopic (exact) mass is 273 g/mol. The lowest BCUT2D eigenvalue weighted by atomic mass is 9.49. The molecule has 0 spiro atoms. The molecule has 4 fully saturated rings. The number of aromatic amines is 1. The molecule has 2 N–H and O–H groups in total. The lowest BCUT2D eigenvalue weighted by molar-refractivity contribution is -0.147. The lowest BCUT2D eigenvalue weighted by Gasteiger charge is -2.55. The average molecular weight is 273 g/mol. The Morgan fingerprint density at radius 2 is 1.90 bits per heavy atom. The van der Waals surface area contributed by atoms with Crippen LogP contribution in [0.3, 0.4) is 0 Å². The number of aromatic nitrogens is 2. The van der Waals surface area contributed by atoms with Crippen molar-refractivity contribution >= 4 is 5.91 Å². The van der Waals surface area contributed by atoms with Crippen molar-refractivity contribution in [2.75, 3.05) is 0 Å². The van der Waals surface area contributed by atoms with Gasteiger partial charge in [0.1, 0.15) is 5.82 Å². The Kier molecular flexibility index (Phi) is 2.69. The van der Waals surface area contributed by atoms with E-state index in [-0.39, 0.29) is 17.4 Å². The van der Waals surface area contributed by atoms with Crippen LogP contribution in [-0.2, 0) is 4.79 Å². The van der Waals surface area contributed by atoms with Gasteiger partial charge in [-0.2, -0.15) is 0 Å². The predicted octanol–water partition coefficient (Wildman–Crippen LogP) is 2.80. The highest BCUT2D eigenvalue weighted by Crippen LogP contribution is 2.60. The van der Waals surface area contributed by atoms with Gasteiger partial charge in [0.05, 0.1) is 6.04 Å². The maximum Gasteiger partial charge on any atom is 0.226 e. The van der Waals surface area contributed by atoms with Gasteiger partial charge in [-0.3, -0.25) is 4.79 Å². The first kappa shape index (κ1) is 12.4. The summed E-state index contributed by atoms with van der Waals surface area (Å²) in [5.74, 6) is 3.56. The van der Waals surface area contributed by atoms with Gasteiger partial charge in [0.2, 0.25) is 5.91 Å². The highest BCUT2D eigenvalue weighted by molar-refractivity contribution is 5.83. The molecule has 5 rings (SSSR count). The number of carbonyl (C=O) groups excluding carboxylic acids is 1. The number of hydrogen-bond acceptors (Lipinski definition) is 2. The van der Waals surface area contributed by atoms with E-state index in [9.17, 15) is 4.79 Å². The van der Waals surface area contributed by atoms with Gasteiger partial charge < -0.3 is 10.3 Å². The Morgan fingerprint density at radius 1 is 1.30 bits per heavy atom. The molecule has 1 aromatic heterocycles. The van der Waals surface area contributed by atoms with Crippen molar-refractivity contribution in [3.63, 3.8) is 0 Å². The SMILES string of the molecule is CC(NC(=O)C12CC3CC(CC(C3)C1)C2)c1ncc[nH]1. The van der Waals surface area contributed by atoms with Crippen LogP contribution >= 0.6 is 0 Å². The molecular formula is C16H23N3O. The molecule has 1 aromatic rings. The molecule has 1 heterocycles. The van der Waals surface area contributed by atoms with E-state index in [2.05, 4.69) is 15.3 Å². The summed E-state index contributed by atoms with van der Waals surface area (Å²) in [6.07, 6.45) is 11.0. The molecule has 4 aliphatic carbocycles. The van der Waals surface area contributed by atoms with Crippen LogP contribution in [0.5, 0.6) is 0 Å². The standard InChI is InChI=1S/C16H23N3O/c1-10(14-17-2-3-18-14)19-15(20)16-7-11-4-12(8-16)6-13(5-11)9-16/h2-3,10-13H,4-9H2,1H3,(H,17,18)(H,19,20). The minimum absolute atomic E-state index is 0.0227. The van der Waals surface area contributed by atoms with Crippen LogP contribution in [0, 0.1) is 23.2 Å². The largest absolute Gasteiger partial charge is 0.347 e. The summed E-state index contributed by atoms with van der Waals surface area (Å²) in [5.41, 5.74) is -0.0599. The number of nitrogens with one attached hydrogen (secondary N) is 2. The second kappa shape index (κ2) is 4.34. The molecule has 20 heavy (non-hydrogen) atoms. The van der Waals surface area contributed by atoms with Crippen molar-refractivity contribution in [3.05, 3.63) is 18.2 Å². The fraction of sp³-hybridized carbons (Fsp3) is 0.750. The number of carbonyl (C=O) groups is 1. The Balaban J connectivity index is 1.51. The quantitative estimate of drug-likeness (QED) is 0.889. The Morgan fingerprint density at radius 3 is 2.40 bits per heavy atom. The molecule has 0 radical (unpaired) electrons. The third-order valence-corrected chi connectivity index (χ3v) is 5.80. The molecule has 1 atom stereocenters. The first-order valence-corrected chi connectivity index (χ1v) is 7.95. The van der Waals surface area contributed by atoms with Gasteiger partial charge in [0.25, 0.3) is 0 Å². The highest BCUT2D eigenvalue weighted by Gasteiger charge is 2.54. The minimum atomic E-state index is -0.0599. The number of hydrogen-bond donors (Lipinski definition) is 2. The van der Waals surface area contributed by atoms with Gasteiger partial charge in [0, 0.05) is 17.8 Å². The Bertz CT molecular complexity index is 473. The number of amides is 1. The fourth-order valence-corrected chi connectivity index (χ4v) is 5.32. The molecule has 0 aromatic carbocycles. The van der Waals surface area contributed by atoms with Crippen LogP contribution in [0.25, 0.3) is 0 Å². The van der Waals surface area contributed by atoms with Crippen LogP contribution in [0.4, 0.5) is 0 Å². The van der Waals surface area contributed by atoms with E-state index < -0.39 is 0 Å². The molecule has 108 valence electrons. The van der Waals surface area contributed by atoms with E-state index in [0.29, 0.717) is 0 Å². The molecular weight excluding hydrogens is 250 g/mol. The molecule has 4 bridgehead atoms.